The lowest BCUT2D eigenvalue weighted by molar-refractivity contribution is 0.106. The quantitative estimate of drug-likeness (QED) is 0.431. The molecule has 4 heteroatoms. The summed E-state index contributed by atoms with van der Waals surface area (Å²) in [5.74, 6) is 5.07. The lowest BCUT2D eigenvalue weighted by Gasteiger charge is -1.93. The van der Waals surface area contributed by atoms with E-state index in [1.54, 1.807) is 12.1 Å². The zero-order valence-corrected chi connectivity index (χ0v) is 6.24. The van der Waals surface area contributed by atoms with E-state index < -0.39 is 0 Å². The highest BCUT2D eigenvalue weighted by Gasteiger charge is 2.24. The molecule has 0 radical (unpaired) electrons. The van der Waals surface area contributed by atoms with E-state index in [1.165, 1.54) is 0 Å². The number of fused-ring (bicyclic) bond motifs is 1. The number of nitrogens with two attached hydrogens (primary N) is 1. The zero-order chi connectivity index (χ0) is 8.55. The molecule has 3 N–H and O–H groups in total. The monoisotopic (exact) mass is 161 g/mol. The molecule has 0 aromatic heterocycles. The van der Waals surface area contributed by atoms with Crippen molar-refractivity contribution in [3.63, 3.8) is 0 Å². The smallest absolute Gasteiger partial charge is 0.232 e. The van der Waals surface area contributed by atoms with E-state index in [0.29, 0.717) is 5.56 Å². The average Bonchev–Trinajstić information content (AvgIpc) is 2.44. The van der Waals surface area contributed by atoms with Gasteiger partial charge in [0.1, 0.15) is 0 Å². The number of benzene rings is 1. The molecule has 0 aliphatic carbocycles. The molecule has 60 valence electrons. The third-order valence-corrected chi connectivity index (χ3v) is 1.77. The third kappa shape index (κ3) is 0.780. The van der Waals surface area contributed by atoms with E-state index >= 15 is 0 Å². The maximum absolute atomic E-state index is 11.4. The first kappa shape index (κ1) is 6.84. The van der Waals surface area contributed by atoms with Crippen LogP contribution in [0.1, 0.15) is 10.4 Å². The van der Waals surface area contributed by atoms with Gasteiger partial charge in [-0.3, -0.25) is 4.79 Å². The highest BCUT2D eigenvalue weighted by Crippen LogP contribution is 2.21. The number of rotatable bonds is 0. The Hall–Kier alpha value is -1.84. The second-order valence-corrected chi connectivity index (χ2v) is 2.48. The zero-order valence-electron chi connectivity index (χ0n) is 6.24. The number of Topliss-reactive ketones (excluding diaryl/α,β-unsaturated/α-hetero) is 1. The van der Waals surface area contributed by atoms with E-state index in [4.69, 9.17) is 5.84 Å². The molecule has 2 rings (SSSR count). The summed E-state index contributed by atoms with van der Waals surface area (Å²) >= 11 is 0. The Labute approximate surface area is 69.1 Å². The lowest BCUT2D eigenvalue weighted by atomic mass is 10.1. The molecule has 0 unspecified atom stereocenters. The normalized spacial score (nSPS) is 17.7. The highest BCUT2D eigenvalue weighted by molar-refractivity contribution is 6.53. The van der Waals surface area contributed by atoms with Crippen molar-refractivity contribution in [2.45, 2.75) is 0 Å². The van der Waals surface area contributed by atoms with E-state index in [1.807, 2.05) is 12.1 Å². The average molecular weight is 161 g/mol. The van der Waals surface area contributed by atoms with Crippen molar-refractivity contribution in [3.05, 3.63) is 29.8 Å². The Kier molecular flexibility index (Phi) is 1.33. The van der Waals surface area contributed by atoms with Crippen LogP contribution in [-0.2, 0) is 0 Å². The molecule has 1 aliphatic rings. The first-order chi connectivity index (χ1) is 5.83. The molecular weight excluding hydrogens is 154 g/mol. The third-order valence-electron chi connectivity index (χ3n) is 1.77. The number of hydrogen-bond donors (Lipinski definition) is 2. The molecule has 1 aliphatic heterocycles. The maximum Gasteiger partial charge on any atom is 0.232 e. The second kappa shape index (κ2) is 2.34. The molecule has 1 aromatic rings. The van der Waals surface area contributed by atoms with Gasteiger partial charge in [-0.2, -0.15) is 5.10 Å². The van der Waals surface area contributed by atoms with Crippen molar-refractivity contribution in [2.24, 2.45) is 10.9 Å². The number of nitrogens with zero attached hydrogens (tertiary/aromatic N) is 1. The lowest BCUT2D eigenvalue weighted by Crippen LogP contribution is -2.15. The molecule has 0 fully saturated rings. The molecule has 1 aromatic carbocycles. The summed E-state index contributed by atoms with van der Waals surface area (Å²) in [4.78, 5) is 11.4. The summed E-state index contributed by atoms with van der Waals surface area (Å²) < 4.78 is 0. The molecule has 0 saturated carbocycles. The van der Waals surface area contributed by atoms with Crippen LogP contribution in [0.15, 0.2) is 29.4 Å². The molecule has 0 amide bonds. The molecule has 1 heterocycles. The number of ketones is 1. The molecule has 4 nitrogen and oxygen atoms in total. The van der Waals surface area contributed by atoms with Crippen molar-refractivity contribution < 1.29 is 4.79 Å². The first-order valence-corrected chi connectivity index (χ1v) is 3.51. The fourth-order valence-corrected chi connectivity index (χ4v) is 1.19. The number of nitrogens with one attached hydrogen (secondary N) is 1. The fourth-order valence-electron chi connectivity index (χ4n) is 1.19. The molecular formula is C8H7N3O. The standard InChI is InChI=1S/C8H7N3O/c9-11-8-7(12)5-3-1-2-4-6(5)10-8/h1-4H,9H2,(H,10,11,12). The minimum atomic E-state index is -0.145. The van der Waals surface area contributed by atoms with Gasteiger partial charge < -0.3 is 11.2 Å². The highest BCUT2D eigenvalue weighted by atomic mass is 16.1. The Bertz CT molecular complexity index is 370. The predicted molar refractivity (Wildman–Crippen MR) is 46.0 cm³/mol. The number of hydrazone groups is 1. The Balaban J connectivity index is 2.56. The van der Waals surface area contributed by atoms with Crippen LogP contribution in [0, 0.1) is 0 Å². The predicted octanol–water partition coefficient (Wildman–Crippen LogP) is 0.567. The Morgan fingerprint density at radius 3 is 2.75 bits per heavy atom. The topological polar surface area (TPSA) is 67.5 Å². The van der Waals surface area contributed by atoms with E-state index in [2.05, 4.69) is 10.4 Å². The number of amidine groups is 1. The van der Waals surface area contributed by atoms with Gasteiger partial charge in [0.15, 0.2) is 5.84 Å². The van der Waals surface area contributed by atoms with Gasteiger partial charge in [0, 0.05) is 5.56 Å². The molecule has 0 saturated heterocycles. The largest absolute Gasteiger partial charge is 0.335 e. The van der Waals surface area contributed by atoms with Gasteiger partial charge >= 0.3 is 0 Å². The molecule has 12 heavy (non-hydrogen) atoms. The van der Waals surface area contributed by atoms with E-state index in [0.717, 1.165) is 5.69 Å². The fraction of sp³-hybridized carbons (Fsp3) is 0. The van der Waals surface area contributed by atoms with Crippen LogP contribution in [0.4, 0.5) is 5.69 Å². The van der Waals surface area contributed by atoms with Crippen LogP contribution in [0.5, 0.6) is 0 Å². The Morgan fingerprint density at radius 2 is 2.08 bits per heavy atom. The number of carbonyl (C=O) groups is 1. The number of carbonyl (C=O) groups excluding carboxylic acids is 1. The van der Waals surface area contributed by atoms with Gasteiger partial charge in [0.05, 0.1) is 5.69 Å². The molecule has 0 spiro atoms. The second-order valence-electron chi connectivity index (χ2n) is 2.48. The minimum absolute atomic E-state index is 0.145. The van der Waals surface area contributed by atoms with Crippen molar-refractivity contribution >= 4 is 17.3 Å². The number of para-hydroxylation sites is 1. The van der Waals surface area contributed by atoms with Crippen LogP contribution < -0.4 is 11.2 Å². The minimum Gasteiger partial charge on any atom is -0.335 e. The van der Waals surface area contributed by atoms with Crippen LogP contribution in [0.3, 0.4) is 0 Å². The summed E-state index contributed by atoms with van der Waals surface area (Å²) in [7, 11) is 0. The summed E-state index contributed by atoms with van der Waals surface area (Å²) in [6, 6.07) is 7.20. The van der Waals surface area contributed by atoms with Crippen LogP contribution >= 0.6 is 0 Å². The molecule has 0 atom stereocenters. The van der Waals surface area contributed by atoms with Gasteiger partial charge in [-0.15, -0.1) is 0 Å². The summed E-state index contributed by atoms with van der Waals surface area (Å²) in [6.07, 6.45) is 0. The van der Waals surface area contributed by atoms with Gasteiger partial charge in [-0.1, -0.05) is 12.1 Å². The SMILES string of the molecule is NN=C1Nc2ccccc2C1=O. The number of hydrogen-bond acceptors (Lipinski definition) is 3. The van der Waals surface area contributed by atoms with Crippen molar-refractivity contribution in [1.29, 1.82) is 0 Å². The van der Waals surface area contributed by atoms with Crippen molar-refractivity contribution in [2.75, 3.05) is 5.32 Å². The summed E-state index contributed by atoms with van der Waals surface area (Å²) in [5, 5.41) is 6.15. The summed E-state index contributed by atoms with van der Waals surface area (Å²) in [5.41, 5.74) is 1.40. The van der Waals surface area contributed by atoms with Crippen LogP contribution in [0.2, 0.25) is 0 Å². The van der Waals surface area contributed by atoms with Gasteiger partial charge in [0.2, 0.25) is 5.78 Å². The van der Waals surface area contributed by atoms with Crippen LogP contribution in [-0.4, -0.2) is 11.6 Å². The maximum atomic E-state index is 11.4. The van der Waals surface area contributed by atoms with Crippen molar-refractivity contribution in [3.8, 4) is 0 Å². The number of anilines is 1. The van der Waals surface area contributed by atoms with E-state index in [-0.39, 0.29) is 11.6 Å². The van der Waals surface area contributed by atoms with Gasteiger partial charge in [0.25, 0.3) is 0 Å². The summed E-state index contributed by atoms with van der Waals surface area (Å²) in [6.45, 7) is 0. The van der Waals surface area contributed by atoms with Crippen LogP contribution in [0.25, 0.3) is 0 Å². The molecule has 0 bridgehead atoms. The van der Waals surface area contributed by atoms with Gasteiger partial charge in [-0.05, 0) is 12.1 Å². The first-order valence-electron chi connectivity index (χ1n) is 3.51. The van der Waals surface area contributed by atoms with Gasteiger partial charge in [-0.25, -0.2) is 0 Å². The van der Waals surface area contributed by atoms with E-state index in [9.17, 15) is 4.79 Å². The van der Waals surface area contributed by atoms with Crippen molar-refractivity contribution in [1.82, 2.24) is 0 Å². The Morgan fingerprint density at radius 1 is 1.33 bits per heavy atom.